The van der Waals surface area contributed by atoms with Gasteiger partial charge in [-0.1, -0.05) is 36.4 Å². The molecule has 4 heteroatoms. The van der Waals surface area contributed by atoms with Crippen LogP contribution >= 0.6 is 0 Å². The number of nitrogens with zero attached hydrogens (tertiary/aromatic N) is 2. The largest absolute Gasteiger partial charge is 0.502 e. The van der Waals surface area contributed by atoms with Gasteiger partial charge in [0.25, 0.3) is 0 Å². The summed E-state index contributed by atoms with van der Waals surface area (Å²) < 4.78 is 7.58. The number of hydrogen-bond donors (Lipinski definition) is 0. The molecular weight excluding hydrogens is 469 g/mol. The summed E-state index contributed by atoms with van der Waals surface area (Å²) in [5.41, 5.74) is 6.38. The minimum absolute atomic E-state index is 0.234. The van der Waals surface area contributed by atoms with Gasteiger partial charge in [0.1, 0.15) is 0 Å². The third kappa shape index (κ3) is 6.27. The predicted octanol–water partition coefficient (Wildman–Crippen LogP) is 5.92. The Kier molecular flexibility index (Phi) is 8.43. The van der Waals surface area contributed by atoms with Crippen molar-refractivity contribution in [2.75, 3.05) is 22.9 Å². The number of hydrogen-bond acceptors (Lipinski definition) is 3. The fourth-order valence-corrected chi connectivity index (χ4v) is 3.98. The van der Waals surface area contributed by atoms with Crippen molar-refractivity contribution in [1.29, 1.82) is 0 Å². The Morgan fingerprint density at radius 3 is 1.77 bits per heavy atom. The van der Waals surface area contributed by atoms with Crippen LogP contribution in [0.3, 0.4) is 0 Å². The molecule has 1 aliphatic heterocycles. The number of rotatable bonds is 5. The second-order valence-corrected chi connectivity index (χ2v) is 8.38. The average Bonchev–Trinajstić information content (AvgIpc) is 3.24. The van der Waals surface area contributed by atoms with Crippen LogP contribution in [-0.2, 0) is 17.9 Å². The summed E-state index contributed by atoms with van der Waals surface area (Å²) in [5, 5.41) is 0. The summed E-state index contributed by atoms with van der Waals surface area (Å²) >= 11 is 2.49. The van der Waals surface area contributed by atoms with Gasteiger partial charge in [-0.25, -0.2) is 0 Å². The number of para-hydroxylation sites is 3. The van der Waals surface area contributed by atoms with Crippen LogP contribution in [0.25, 0.3) is 0 Å². The van der Waals surface area contributed by atoms with Gasteiger partial charge in [0.15, 0.2) is 0 Å². The molecule has 3 aromatic rings. The first-order valence-electron chi connectivity index (χ1n) is 10.7. The van der Waals surface area contributed by atoms with E-state index in [1.807, 2.05) is 42.7 Å². The monoisotopic (exact) mass is 501 g/mol. The van der Waals surface area contributed by atoms with Crippen LogP contribution < -0.4 is 14.5 Å². The normalized spacial score (nSPS) is 13.1. The Morgan fingerprint density at radius 1 is 0.806 bits per heavy atom. The SMILES string of the molecule is CC(C)Oc1ccccc1[CH]=[Ru+].Cc1ccccc1N1[CH-]N(c2ccccc2C)CC1. The van der Waals surface area contributed by atoms with Crippen LogP contribution in [0.1, 0.15) is 30.5 Å². The molecule has 0 spiro atoms. The van der Waals surface area contributed by atoms with Crippen molar-refractivity contribution in [1.82, 2.24) is 0 Å². The molecule has 4 rings (SSSR count). The molecule has 3 aromatic carbocycles. The minimum Gasteiger partial charge on any atom is -0.502 e. The molecule has 1 saturated heterocycles. The molecule has 1 heterocycles. The van der Waals surface area contributed by atoms with Crippen LogP contribution in [0.15, 0.2) is 72.8 Å². The van der Waals surface area contributed by atoms with E-state index >= 15 is 0 Å². The molecule has 0 amide bonds. The van der Waals surface area contributed by atoms with E-state index in [1.54, 1.807) is 0 Å². The maximum atomic E-state index is 5.59. The van der Waals surface area contributed by atoms with Crippen molar-refractivity contribution in [2.24, 2.45) is 0 Å². The third-order valence-electron chi connectivity index (χ3n) is 5.10. The maximum Gasteiger partial charge on any atom is 0.0116 e. The van der Waals surface area contributed by atoms with E-state index in [0.29, 0.717) is 0 Å². The van der Waals surface area contributed by atoms with Gasteiger partial charge < -0.3 is 9.80 Å². The summed E-state index contributed by atoms with van der Waals surface area (Å²) in [7, 11) is 0. The van der Waals surface area contributed by atoms with E-state index in [1.165, 1.54) is 22.5 Å². The predicted molar refractivity (Wildman–Crippen MR) is 129 cm³/mol. The summed E-state index contributed by atoms with van der Waals surface area (Å²) in [6.45, 7) is 12.7. The second-order valence-electron chi connectivity index (χ2n) is 7.88. The Morgan fingerprint density at radius 2 is 1.29 bits per heavy atom. The Bertz CT molecular complexity index is 950. The Labute approximate surface area is 196 Å². The fraction of sp³-hybridized carbons (Fsp3) is 0.259. The maximum absolute atomic E-state index is 5.59. The number of benzene rings is 3. The van der Waals surface area contributed by atoms with Crippen molar-refractivity contribution < 1.29 is 22.6 Å². The summed E-state index contributed by atoms with van der Waals surface area (Å²) in [6.07, 6.45) is 0.234. The molecule has 0 bridgehead atoms. The molecule has 0 aromatic heterocycles. The summed E-state index contributed by atoms with van der Waals surface area (Å²) in [4.78, 5) is 4.67. The molecule has 0 saturated carbocycles. The van der Waals surface area contributed by atoms with Crippen LogP contribution in [-0.4, -0.2) is 23.8 Å². The molecule has 1 fully saturated rings. The van der Waals surface area contributed by atoms with Gasteiger partial charge in [0.05, 0.1) is 0 Å². The van der Waals surface area contributed by atoms with Crippen molar-refractivity contribution in [3.05, 3.63) is 96.2 Å². The molecule has 0 aliphatic carbocycles. The molecule has 0 unspecified atom stereocenters. The zero-order valence-corrected chi connectivity index (χ0v) is 20.5. The van der Waals surface area contributed by atoms with E-state index in [0.717, 1.165) is 24.4 Å². The van der Waals surface area contributed by atoms with Gasteiger partial charge in [0.2, 0.25) is 0 Å². The van der Waals surface area contributed by atoms with Gasteiger partial charge in [-0.05, 0) is 37.1 Å². The number of anilines is 2. The summed E-state index contributed by atoms with van der Waals surface area (Å²) in [5.74, 6) is 0.950. The first-order chi connectivity index (χ1) is 15.0. The van der Waals surface area contributed by atoms with Gasteiger partial charge in [-0.15, -0.1) is 0 Å². The smallest absolute Gasteiger partial charge is 0.0116 e. The fourth-order valence-electron chi connectivity index (χ4n) is 3.56. The molecule has 0 atom stereocenters. The second kappa shape index (κ2) is 11.3. The molecule has 31 heavy (non-hydrogen) atoms. The van der Waals surface area contributed by atoms with Gasteiger partial charge in [-0.2, -0.15) is 6.67 Å². The molecule has 163 valence electrons. The Balaban J connectivity index is 0.000000196. The minimum atomic E-state index is 0.234. The quantitative estimate of drug-likeness (QED) is 0.320. The first kappa shape index (κ1) is 23.2. The van der Waals surface area contributed by atoms with Gasteiger partial charge in [0, 0.05) is 24.5 Å². The van der Waals surface area contributed by atoms with Crippen LogP contribution in [0.2, 0.25) is 0 Å². The van der Waals surface area contributed by atoms with Crippen molar-refractivity contribution in [3.63, 3.8) is 0 Å². The van der Waals surface area contributed by atoms with E-state index in [2.05, 4.69) is 96.7 Å². The molecule has 3 nitrogen and oxygen atoms in total. The van der Waals surface area contributed by atoms with Gasteiger partial charge in [-0.3, -0.25) is 0 Å². The van der Waals surface area contributed by atoms with Crippen molar-refractivity contribution in [2.45, 2.75) is 33.8 Å². The van der Waals surface area contributed by atoms with E-state index in [-0.39, 0.29) is 6.10 Å². The first-order valence-corrected chi connectivity index (χ1v) is 11.7. The van der Waals surface area contributed by atoms with E-state index in [4.69, 9.17) is 4.74 Å². The molecular formula is C27H31N2ORu. The Hall–Kier alpha value is -2.45. The number of aryl methyl sites for hydroxylation is 2. The molecule has 0 radical (unpaired) electrons. The zero-order valence-electron chi connectivity index (χ0n) is 18.7. The average molecular weight is 501 g/mol. The third-order valence-corrected chi connectivity index (χ3v) is 5.64. The van der Waals surface area contributed by atoms with Crippen LogP contribution in [0, 0.1) is 20.5 Å². The van der Waals surface area contributed by atoms with Crippen molar-refractivity contribution in [3.8, 4) is 5.75 Å². The van der Waals surface area contributed by atoms with E-state index in [9.17, 15) is 0 Å². The standard InChI is InChI=1S/C17H19N2.C10H12O.Ru/c1-14-7-3-5-9-16(14)18-11-12-19(13-18)17-10-6-4-8-15(17)2;1-8(2)11-10-7-5-4-6-9(10)3;/h3-10,13H,11-12H2,1-2H3;3-8H,1-2H3;/q-1;;+1. The topological polar surface area (TPSA) is 15.7 Å². The number of ether oxygens (including phenoxy) is 1. The molecule has 1 aliphatic rings. The molecule has 0 N–H and O–H groups in total. The van der Waals surface area contributed by atoms with Crippen LogP contribution in [0.4, 0.5) is 11.4 Å². The van der Waals surface area contributed by atoms with Crippen LogP contribution in [0.5, 0.6) is 5.75 Å². The zero-order chi connectivity index (χ0) is 22.2. The van der Waals surface area contributed by atoms with E-state index < -0.39 is 0 Å². The summed E-state index contributed by atoms with van der Waals surface area (Å²) in [6, 6.07) is 25.1. The van der Waals surface area contributed by atoms with Gasteiger partial charge >= 0.3 is 82.7 Å². The van der Waals surface area contributed by atoms with Crippen molar-refractivity contribution >= 4 is 16.0 Å².